The van der Waals surface area contributed by atoms with Gasteiger partial charge in [-0.2, -0.15) is 0 Å². The van der Waals surface area contributed by atoms with Crippen LogP contribution >= 0.6 is 0 Å². The monoisotopic (exact) mass is 218 g/mol. The molecule has 0 aromatic carbocycles. The lowest BCUT2D eigenvalue weighted by Crippen LogP contribution is -2.47. The molecule has 0 aliphatic heterocycles. The third-order valence-electron chi connectivity index (χ3n) is 1.52. The fourth-order valence-electron chi connectivity index (χ4n) is 0.823. The standard InChI is InChI=1S/C8H14N2O5/c1-2-3-9-8(15)10-5(7(13)14)4-6(11)12/h5H,2-4H2,1H3,(H,11,12)(H,13,14)(H2,9,10,15)/t5-/m1/s1. The highest BCUT2D eigenvalue weighted by molar-refractivity contribution is 5.86. The Morgan fingerprint density at radius 1 is 1.27 bits per heavy atom. The Morgan fingerprint density at radius 2 is 1.87 bits per heavy atom. The number of nitrogens with one attached hydrogen (secondary N) is 2. The maximum absolute atomic E-state index is 11.0. The van der Waals surface area contributed by atoms with Gasteiger partial charge in [-0.3, -0.25) is 4.79 Å². The van der Waals surface area contributed by atoms with E-state index in [0.29, 0.717) is 13.0 Å². The molecule has 15 heavy (non-hydrogen) atoms. The lowest BCUT2D eigenvalue weighted by molar-refractivity contribution is -0.145. The SMILES string of the molecule is CCCNC(=O)N[C@H](CC(=O)O)C(=O)O. The molecule has 0 fully saturated rings. The minimum Gasteiger partial charge on any atom is -0.481 e. The van der Waals surface area contributed by atoms with Crippen molar-refractivity contribution in [3.05, 3.63) is 0 Å². The van der Waals surface area contributed by atoms with Gasteiger partial charge in [0.25, 0.3) is 0 Å². The Kier molecular flexibility index (Phi) is 5.84. The topological polar surface area (TPSA) is 116 Å². The van der Waals surface area contributed by atoms with Crippen LogP contribution < -0.4 is 10.6 Å². The highest BCUT2D eigenvalue weighted by atomic mass is 16.4. The lowest BCUT2D eigenvalue weighted by atomic mass is 10.2. The van der Waals surface area contributed by atoms with E-state index in [9.17, 15) is 14.4 Å². The molecule has 0 aliphatic rings. The molecule has 4 N–H and O–H groups in total. The van der Waals surface area contributed by atoms with Gasteiger partial charge in [0.1, 0.15) is 6.04 Å². The molecule has 0 saturated carbocycles. The highest BCUT2D eigenvalue weighted by Crippen LogP contribution is 1.92. The third-order valence-corrected chi connectivity index (χ3v) is 1.52. The Balaban J connectivity index is 4.10. The van der Waals surface area contributed by atoms with Gasteiger partial charge in [0.15, 0.2) is 0 Å². The molecule has 7 nitrogen and oxygen atoms in total. The first kappa shape index (κ1) is 13.2. The zero-order chi connectivity index (χ0) is 11.8. The van der Waals surface area contributed by atoms with Crippen molar-refractivity contribution in [2.75, 3.05) is 6.54 Å². The zero-order valence-corrected chi connectivity index (χ0v) is 8.32. The van der Waals surface area contributed by atoms with Crippen molar-refractivity contribution in [3.63, 3.8) is 0 Å². The number of urea groups is 1. The van der Waals surface area contributed by atoms with Crippen molar-refractivity contribution in [2.24, 2.45) is 0 Å². The summed E-state index contributed by atoms with van der Waals surface area (Å²) < 4.78 is 0. The first-order chi connectivity index (χ1) is 6.97. The van der Waals surface area contributed by atoms with Gasteiger partial charge in [-0.05, 0) is 6.42 Å². The normalized spacial score (nSPS) is 11.5. The van der Waals surface area contributed by atoms with E-state index >= 15 is 0 Å². The van der Waals surface area contributed by atoms with Crippen LogP contribution in [-0.2, 0) is 9.59 Å². The molecule has 86 valence electrons. The average molecular weight is 218 g/mol. The number of carbonyl (C=O) groups excluding carboxylic acids is 1. The molecule has 1 atom stereocenters. The predicted molar refractivity (Wildman–Crippen MR) is 50.5 cm³/mol. The van der Waals surface area contributed by atoms with Gasteiger partial charge < -0.3 is 20.8 Å². The van der Waals surface area contributed by atoms with E-state index < -0.39 is 30.4 Å². The summed E-state index contributed by atoms with van der Waals surface area (Å²) in [6, 6.07) is -2.08. The molecule has 0 rings (SSSR count). The maximum Gasteiger partial charge on any atom is 0.326 e. The van der Waals surface area contributed by atoms with Crippen molar-refractivity contribution < 1.29 is 24.6 Å². The quantitative estimate of drug-likeness (QED) is 0.485. The molecule has 0 saturated heterocycles. The Labute approximate surface area is 86.5 Å². The summed E-state index contributed by atoms with van der Waals surface area (Å²) in [6.45, 7) is 2.25. The number of aliphatic carboxylic acids is 2. The van der Waals surface area contributed by atoms with Gasteiger partial charge in [-0.15, -0.1) is 0 Å². The number of hydrogen-bond donors (Lipinski definition) is 4. The van der Waals surface area contributed by atoms with Crippen molar-refractivity contribution in [3.8, 4) is 0 Å². The molecule has 0 aromatic heterocycles. The largest absolute Gasteiger partial charge is 0.481 e. The summed E-state index contributed by atoms with van der Waals surface area (Å²) >= 11 is 0. The Morgan fingerprint density at radius 3 is 2.27 bits per heavy atom. The summed E-state index contributed by atoms with van der Waals surface area (Å²) in [7, 11) is 0. The molecule has 7 heteroatoms. The van der Waals surface area contributed by atoms with E-state index in [1.54, 1.807) is 0 Å². The van der Waals surface area contributed by atoms with Gasteiger partial charge >= 0.3 is 18.0 Å². The molecule has 0 unspecified atom stereocenters. The van der Waals surface area contributed by atoms with Gasteiger partial charge in [-0.25, -0.2) is 9.59 Å². The first-order valence-electron chi connectivity index (χ1n) is 4.46. The smallest absolute Gasteiger partial charge is 0.326 e. The highest BCUT2D eigenvalue weighted by Gasteiger charge is 2.22. The second kappa shape index (κ2) is 6.63. The molecule has 0 radical (unpaired) electrons. The van der Waals surface area contributed by atoms with Crippen LogP contribution in [0.3, 0.4) is 0 Å². The maximum atomic E-state index is 11.0. The van der Waals surface area contributed by atoms with Crippen LogP contribution in [0.1, 0.15) is 19.8 Å². The van der Waals surface area contributed by atoms with Crippen molar-refractivity contribution in [2.45, 2.75) is 25.8 Å². The molecule has 2 amide bonds. The van der Waals surface area contributed by atoms with E-state index in [2.05, 4.69) is 10.6 Å². The van der Waals surface area contributed by atoms with Gasteiger partial charge in [0.05, 0.1) is 6.42 Å². The number of rotatable bonds is 6. The molecule has 0 bridgehead atoms. The van der Waals surface area contributed by atoms with Gasteiger partial charge in [-0.1, -0.05) is 6.92 Å². The fraction of sp³-hybridized carbons (Fsp3) is 0.625. The predicted octanol–water partition coefficient (Wildman–Crippen LogP) is -0.376. The van der Waals surface area contributed by atoms with Crippen molar-refractivity contribution in [1.82, 2.24) is 10.6 Å². The van der Waals surface area contributed by atoms with Crippen molar-refractivity contribution >= 4 is 18.0 Å². The number of carboxylic acid groups (broad SMARTS) is 2. The van der Waals surface area contributed by atoms with Crippen LogP contribution in [0.15, 0.2) is 0 Å². The van der Waals surface area contributed by atoms with Crippen LogP contribution in [0.5, 0.6) is 0 Å². The van der Waals surface area contributed by atoms with E-state index in [4.69, 9.17) is 10.2 Å². The van der Waals surface area contributed by atoms with Crippen LogP contribution in [0, 0.1) is 0 Å². The second-order valence-electron chi connectivity index (χ2n) is 2.89. The summed E-state index contributed by atoms with van der Waals surface area (Å²) in [5.41, 5.74) is 0. The van der Waals surface area contributed by atoms with Crippen LogP contribution in [0.25, 0.3) is 0 Å². The summed E-state index contributed by atoms with van der Waals surface area (Å²) in [5.74, 6) is -2.65. The summed E-state index contributed by atoms with van der Waals surface area (Å²) in [5, 5.41) is 21.4. The second-order valence-corrected chi connectivity index (χ2v) is 2.89. The van der Waals surface area contributed by atoms with E-state index in [1.165, 1.54) is 0 Å². The molecule has 0 spiro atoms. The summed E-state index contributed by atoms with van der Waals surface area (Å²) in [6.07, 6.45) is 0.0684. The molecule has 0 aliphatic carbocycles. The molecule has 0 aromatic rings. The van der Waals surface area contributed by atoms with Crippen LogP contribution in [0.4, 0.5) is 4.79 Å². The fourth-order valence-corrected chi connectivity index (χ4v) is 0.823. The Bertz CT molecular complexity index is 253. The lowest BCUT2D eigenvalue weighted by Gasteiger charge is -2.12. The first-order valence-corrected chi connectivity index (χ1v) is 4.46. The number of carbonyl (C=O) groups is 3. The average Bonchev–Trinajstić information content (AvgIpc) is 2.12. The number of carboxylic acids is 2. The van der Waals surface area contributed by atoms with Gasteiger partial charge in [0.2, 0.25) is 0 Å². The van der Waals surface area contributed by atoms with E-state index in [1.807, 2.05) is 6.92 Å². The van der Waals surface area contributed by atoms with Crippen LogP contribution in [0.2, 0.25) is 0 Å². The minimum atomic E-state index is -1.40. The number of amides is 2. The van der Waals surface area contributed by atoms with E-state index in [0.717, 1.165) is 0 Å². The molecular weight excluding hydrogens is 204 g/mol. The van der Waals surface area contributed by atoms with Crippen LogP contribution in [-0.4, -0.2) is 40.8 Å². The van der Waals surface area contributed by atoms with Crippen molar-refractivity contribution in [1.29, 1.82) is 0 Å². The van der Waals surface area contributed by atoms with E-state index in [-0.39, 0.29) is 0 Å². The number of hydrogen-bond acceptors (Lipinski definition) is 3. The van der Waals surface area contributed by atoms with Gasteiger partial charge in [0, 0.05) is 6.54 Å². The molecule has 0 heterocycles. The zero-order valence-electron chi connectivity index (χ0n) is 8.32. The summed E-state index contributed by atoms with van der Waals surface area (Å²) in [4.78, 5) is 31.8. The Hall–Kier alpha value is -1.79. The molecular formula is C8H14N2O5. The minimum absolute atomic E-state index is 0.408. The third kappa shape index (κ3) is 6.30.